The summed E-state index contributed by atoms with van der Waals surface area (Å²) in [6, 6.07) is 4.88. The lowest BCUT2D eigenvalue weighted by Crippen LogP contribution is -2.36. The average Bonchev–Trinajstić information content (AvgIpc) is 2.52. The average molecular weight is 312 g/mol. The number of nitrogens with zero attached hydrogens (tertiary/aromatic N) is 2. The minimum absolute atomic E-state index is 0.0741. The van der Waals surface area contributed by atoms with Crippen LogP contribution in [0, 0.1) is 10.1 Å². The highest BCUT2D eigenvalue weighted by Crippen LogP contribution is 2.29. The Labute approximate surface area is 128 Å². The molecule has 0 saturated carbocycles. The summed E-state index contributed by atoms with van der Waals surface area (Å²) >= 11 is 1.63. The molecule has 1 aliphatic heterocycles. The monoisotopic (exact) mass is 312 g/mol. The van der Waals surface area contributed by atoms with E-state index in [-0.39, 0.29) is 10.6 Å². The fraction of sp³-hybridized carbons (Fsp3) is 0.571. The fourth-order valence-corrected chi connectivity index (χ4v) is 3.08. The Kier molecular flexibility index (Phi) is 6.28. The van der Waals surface area contributed by atoms with Gasteiger partial charge in [0, 0.05) is 24.1 Å². The van der Waals surface area contributed by atoms with Crippen molar-refractivity contribution in [2.75, 3.05) is 45.7 Å². The van der Waals surface area contributed by atoms with Gasteiger partial charge in [0.15, 0.2) is 0 Å². The van der Waals surface area contributed by atoms with Crippen LogP contribution in [0.4, 0.5) is 5.69 Å². The first kappa shape index (κ1) is 16.1. The smallest absolute Gasteiger partial charge is 0.274 e. The van der Waals surface area contributed by atoms with Gasteiger partial charge in [-0.2, -0.15) is 0 Å². The third-order valence-electron chi connectivity index (χ3n) is 3.30. The molecule has 0 unspecified atom stereocenters. The van der Waals surface area contributed by atoms with E-state index < -0.39 is 0 Å². The molecule has 0 spiro atoms. The molecule has 0 aromatic heterocycles. The number of methoxy groups -OCH3 is 1. The maximum atomic E-state index is 10.9. The van der Waals surface area contributed by atoms with Crippen LogP contribution in [0.5, 0.6) is 5.75 Å². The normalized spacial score (nSPS) is 15.9. The van der Waals surface area contributed by atoms with E-state index in [2.05, 4.69) is 4.90 Å². The molecule has 0 N–H and O–H groups in total. The van der Waals surface area contributed by atoms with Crippen molar-refractivity contribution in [2.24, 2.45) is 0 Å². The quantitative estimate of drug-likeness (QED) is 0.333. The first-order chi connectivity index (χ1) is 10.2. The van der Waals surface area contributed by atoms with E-state index in [1.54, 1.807) is 17.8 Å². The second kappa shape index (κ2) is 8.21. The van der Waals surface area contributed by atoms with Gasteiger partial charge in [0.1, 0.15) is 5.75 Å². The van der Waals surface area contributed by atoms with Crippen LogP contribution in [0.1, 0.15) is 6.42 Å². The Balaban J connectivity index is 1.81. The van der Waals surface area contributed by atoms with Gasteiger partial charge in [-0.3, -0.25) is 15.0 Å². The maximum absolute atomic E-state index is 10.9. The van der Waals surface area contributed by atoms with Crippen LogP contribution in [0.15, 0.2) is 23.1 Å². The van der Waals surface area contributed by atoms with Crippen LogP contribution in [0.25, 0.3) is 0 Å². The molecule has 1 aromatic carbocycles. The summed E-state index contributed by atoms with van der Waals surface area (Å²) in [4.78, 5) is 13.8. The predicted molar refractivity (Wildman–Crippen MR) is 82.2 cm³/mol. The molecule has 21 heavy (non-hydrogen) atoms. The Bertz CT molecular complexity index is 478. The third kappa shape index (κ3) is 5.18. The number of ether oxygens (including phenoxy) is 2. The van der Waals surface area contributed by atoms with Crippen LogP contribution >= 0.6 is 11.8 Å². The molecule has 1 heterocycles. The van der Waals surface area contributed by atoms with Gasteiger partial charge in [-0.15, -0.1) is 11.8 Å². The van der Waals surface area contributed by atoms with Crippen molar-refractivity contribution in [2.45, 2.75) is 11.3 Å². The van der Waals surface area contributed by atoms with Crippen molar-refractivity contribution in [3.63, 3.8) is 0 Å². The Hall–Kier alpha value is -1.31. The molecule has 0 aliphatic carbocycles. The second-order valence-corrected chi connectivity index (χ2v) is 5.95. The summed E-state index contributed by atoms with van der Waals surface area (Å²) in [6.07, 6.45) is 1.05. The molecule has 1 fully saturated rings. The number of benzene rings is 1. The van der Waals surface area contributed by atoms with Crippen molar-refractivity contribution in [3.05, 3.63) is 28.3 Å². The largest absolute Gasteiger partial charge is 0.496 e. The molecule has 6 nitrogen and oxygen atoms in total. The van der Waals surface area contributed by atoms with Crippen molar-refractivity contribution in [1.29, 1.82) is 0 Å². The van der Waals surface area contributed by atoms with Crippen LogP contribution in [-0.2, 0) is 4.74 Å². The highest BCUT2D eigenvalue weighted by Gasteiger charge is 2.12. The number of morpholine rings is 1. The lowest BCUT2D eigenvalue weighted by molar-refractivity contribution is -0.385. The number of non-ortho nitro benzene ring substituents is 1. The molecule has 1 aromatic rings. The van der Waals surface area contributed by atoms with Gasteiger partial charge in [-0.1, -0.05) is 0 Å². The first-order valence-corrected chi connectivity index (χ1v) is 7.94. The van der Waals surface area contributed by atoms with Crippen molar-refractivity contribution in [1.82, 2.24) is 4.90 Å². The van der Waals surface area contributed by atoms with Gasteiger partial charge in [0.25, 0.3) is 5.69 Å². The lowest BCUT2D eigenvalue weighted by atomic mass is 10.3. The van der Waals surface area contributed by atoms with Gasteiger partial charge in [0.2, 0.25) is 0 Å². The summed E-state index contributed by atoms with van der Waals surface area (Å²) in [5.74, 6) is 1.46. The van der Waals surface area contributed by atoms with Crippen LogP contribution in [0.3, 0.4) is 0 Å². The standard InChI is InChI=1S/C14H20N2O4S/c1-19-13-9-12(16(17)18)10-14(11-13)21-8-2-3-15-4-6-20-7-5-15/h9-11H,2-8H2,1H3. The van der Waals surface area contributed by atoms with Gasteiger partial charge >= 0.3 is 0 Å². The molecule has 0 atom stereocenters. The van der Waals surface area contributed by atoms with Gasteiger partial charge in [0.05, 0.1) is 31.3 Å². The van der Waals surface area contributed by atoms with E-state index >= 15 is 0 Å². The molecule has 116 valence electrons. The second-order valence-electron chi connectivity index (χ2n) is 4.78. The maximum Gasteiger partial charge on any atom is 0.274 e. The van der Waals surface area contributed by atoms with Crippen LogP contribution < -0.4 is 4.74 Å². The summed E-state index contributed by atoms with van der Waals surface area (Å²) in [5, 5.41) is 10.9. The fourth-order valence-electron chi connectivity index (χ4n) is 2.17. The molecular formula is C14H20N2O4S. The number of thioether (sulfide) groups is 1. The van der Waals surface area contributed by atoms with Crippen molar-refractivity contribution >= 4 is 17.4 Å². The SMILES string of the molecule is COc1cc(SCCCN2CCOCC2)cc([N+](=O)[O-])c1. The van der Waals surface area contributed by atoms with Crippen LogP contribution in [-0.4, -0.2) is 55.5 Å². The van der Waals surface area contributed by atoms with Gasteiger partial charge < -0.3 is 9.47 Å². The van der Waals surface area contributed by atoms with E-state index in [9.17, 15) is 10.1 Å². The highest BCUT2D eigenvalue weighted by atomic mass is 32.2. The molecule has 0 bridgehead atoms. The highest BCUT2D eigenvalue weighted by molar-refractivity contribution is 7.99. The molecule has 0 radical (unpaired) electrons. The van der Waals surface area contributed by atoms with E-state index in [1.807, 2.05) is 6.07 Å². The third-order valence-corrected chi connectivity index (χ3v) is 4.36. The zero-order valence-corrected chi connectivity index (χ0v) is 12.9. The molecule has 1 aliphatic rings. The summed E-state index contributed by atoms with van der Waals surface area (Å²) in [7, 11) is 1.52. The topological polar surface area (TPSA) is 64.8 Å². The molecule has 1 saturated heterocycles. The zero-order valence-electron chi connectivity index (χ0n) is 12.1. The predicted octanol–water partition coefficient (Wildman–Crippen LogP) is 2.42. The molecular weight excluding hydrogens is 292 g/mol. The first-order valence-electron chi connectivity index (χ1n) is 6.95. The minimum Gasteiger partial charge on any atom is -0.496 e. The number of nitro benzene ring substituents is 1. The summed E-state index contributed by atoms with van der Waals surface area (Å²) in [6.45, 7) is 4.66. The number of nitro groups is 1. The van der Waals surface area contributed by atoms with Gasteiger partial charge in [-0.05, 0) is 24.8 Å². The van der Waals surface area contributed by atoms with E-state index in [1.165, 1.54) is 13.2 Å². The van der Waals surface area contributed by atoms with E-state index in [4.69, 9.17) is 9.47 Å². The number of rotatable bonds is 7. The Morgan fingerprint density at radius 3 is 2.81 bits per heavy atom. The van der Waals surface area contributed by atoms with Crippen molar-refractivity contribution in [3.8, 4) is 5.75 Å². The molecule has 2 rings (SSSR count). The summed E-state index contributed by atoms with van der Waals surface area (Å²) in [5.41, 5.74) is 0.0741. The summed E-state index contributed by atoms with van der Waals surface area (Å²) < 4.78 is 10.4. The van der Waals surface area contributed by atoms with Gasteiger partial charge in [-0.25, -0.2) is 0 Å². The minimum atomic E-state index is -0.389. The van der Waals surface area contributed by atoms with Crippen LogP contribution in [0.2, 0.25) is 0 Å². The van der Waals surface area contributed by atoms with E-state index in [0.717, 1.165) is 49.9 Å². The van der Waals surface area contributed by atoms with Crippen molar-refractivity contribution < 1.29 is 14.4 Å². The Morgan fingerprint density at radius 1 is 1.38 bits per heavy atom. The zero-order chi connectivity index (χ0) is 15.1. The number of hydrogen-bond donors (Lipinski definition) is 0. The Morgan fingerprint density at radius 2 is 2.14 bits per heavy atom. The molecule has 7 heteroatoms. The lowest BCUT2D eigenvalue weighted by Gasteiger charge is -2.26. The molecule has 0 amide bonds. The number of hydrogen-bond acceptors (Lipinski definition) is 6. The van der Waals surface area contributed by atoms with E-state index in [0.29, 0.717) is 5.75 Å².